The van der Waals surface area contributed by atoms with Crippen LogP contribution < -0.4 is 5.32 Å². The number of halogens is 1. The lowest BCUT2D eigenvalue weighted by Crippen LogP contribution is -2.36. The van der Waals surface area contributed by atoms with Gasteiger partial charge in [-0.15, -0.1) is 0 Å². The highest BCUT2D eigenvalue weighted by molar-refractivity contribution is 5.35. The summed E-state index contributed by atoms with van der Waals surface area (Å²) in [6.45, 7) is 3.13. The van der Waals surface area contributed by atoms with E-state index in [1.807, 2.05) is 12.1 Å². The van der Waals surface area contributed by atoms with Crippen LogP contribution >= 0.6 is 0 Å². The van der Waals surface area contributed by atoms with Gasteiger partial charge in [0, 0.05) is 18.6 Å². The molecule has 0 heterocycles. The molecule has 2 nitrogen and oxygen atoms in total. The predicted octanol–water partition coefficient (Wildman–Crippen LogP) is 2.35. The Labute approximate surface area is 103 Å². The highest BCUT2D eigenvalue weighted by Gasteiger charge is 2.24. The predicted molar refractivity (Wildman–Crippen MR) is 68.6 cm³/mol. The Morgan fingerprint density at radius 1 is 1.47 bits per heavy atom. The van der Waals surface area contributed by atoms with Gasteiger partial charge in [0.2, 0.25) is 0 Å². The summed E-state index contributed by atoms with van der Waals surface area (Å²) in [6, 6.07) is 6.23. The molecule has 0 saturated carbocycles. The van der Waals surface area contributed by atoms with Crippen molar-refractivity contribution in [2.45, 2.75) is 31.8 Å². The van der Waals surface area contributed by atoms with Crippen LogP contribution in [0.1, 0.15) is 30.5 Å². The number of nitrogens with one attached hydrogen (secondary N) is 1. The van der Waals surface area contributed by atoms with Gasteiger partial charge in [0.05, 0.1) is 0 Å². The third kappa shape index (κ3) is 2.67. The van der Waals surface area contributed by atoms with Crippen molar-refractivity contribution in [2.75, 3.05) is 20.6 Å². The van der Waals surface area contributed by atoms with E-state index in [0.29, 0.717) is 12.1 Å². The number of likely N-dealkylation sites (N-methyl/N-ethyl adjacent to an activating group) is 1. The van der Waals surface area contributed by atoms with Crippen molar-refractivity contribution in [3.63, 3.8) is 0 Å². The van der Waals surface area contributed by atoms with Crippen molar-refractivity contribution in [2.24, 2.45) is 0 Å². The summed E-state index contributed by atoms with van der Waals surface area (Å²) >= 11 is 0. The number of nitrogens with zero attached hydrogens (tertiary/aromatic N) is 1. The fourth-order valence-electron chi connectivity index (χ4n) is 2.32. The Balaban J connectivity index is 2.00. The molecule has 2 unspecified atom stereocenters. The van der Waals surface area contributed by atoms with Gasteiger partial charge in [-0.1, -0.05) is 12.1 Å². The molecule has 1 aliphatic carbocycles. The largest absolute Gasteiger partial charge is 0.308 e. The molecule has 0 saturated heterocycles. The van der Waals surface area contributed by atoms with Crippen molar-refractivity contribution in [3.8, 4) is 0 Å². The van der Waals surface area contributed by atoms with Gasteiger partial charge in [-0.2, -0.15) is 0 Å². The Kier molecular flexibility index (Phi) is 3.79. The molecule has 2 rings (SSSR count). The minimum Gasteiger partial charge on any atom is -0.308 e. The van der Waals surface area contributed by atoms with Gasteiger partial charge in [-0.25, -0.2) is 4.39 Å². The Morgan fingerprint density at radius 2 is 2.24 bits per heavy atom. The minimum absolute atomic E-state index is 0.0486. The summed E-state index contributed by atoms with van der Waals surface area (Å²) in [4.78, 5) is 2.19. The number of rotatable bonds is 4. The highest BCUT2D eigenvalue weighted by Crippen LogP contribution is 2.32. The molecule has 0 amide bonds. The van der Waals surface area contributed by atoms with Crippen LogP contribution in [0.15, 0.2) is 18.2 Å². The second-order valence-electron chi connectivity index (χ2n) is 5.12. The number of hydrogen-bond acceptors (Lipinski definition) is 2. The van der Waals surface area contributed by atoms with E-state index < -0.39 is 0 Å². The fourth-order valence-corrected chi connectivity index (χ4v) is 2.32. The molecule has 1 aromatic rings. The molecule has 1 aliphatic rings. The van der Waals surface area contributed by atoms with Gasteiger partial charge < -0.3 is 10.2 Å². The van der Waals surface area contributed by atoms with Crippen LogP contribution in [0.5, 0.6) is 0 Å². The molecular formula is C14H21FN2. The summed E-state index contributed by atoms with van der Waals surface area (Å²) in [5.74, 6) is -0.0486. The normalized spacial score (nSPS) is 20.6. The Bertz CT molecular complexity index is 390. The fraction of sp³-hybridized carbons (Fsp3) is 0.571. The molecule has 2 atom stereocenters. The van der Waals surface area contributed by atoms with E-state index in [1.54, 1.807) is 6.07 Å². The first-order valence-electron chi connectivity index (χ1n) is 6.26. The summed E-state index contributed by atoms with van der Waals surface area (Å²) < 4.78 is 13.6. The first kappa shape index (κ1) is 12.5. The van der Waals surface area contributed by atoms with Crippen molar-refractivity contribution in [3.05, 3.63) is 35.1 Å². The lowest BCUT2D eigenvalue weighted by Gasteiger charge is -2.23. The molecule has 94 valence electrons. The molecule has 0 fully saturated rings. The lowest BCUT2D eigenvalue weighted by atomic mass is 10.1. The van der Waals surface area contributed by atoms with E-state index in [-0.39, 0.29) is 5.82 Å². The monoisotopic (exact) mass is 236 g/mol. The standard InChI is InChI=1S/C14H21FN2/c1-10(17(2)3)9-16-14-8-7-11-12(14)5-4-6-13(11)15/h4-6,10,14,16H,7-9H2,1-3H3. The van der Waals surface area contributed by atoms with Crippen LogP contribution in [-0.2, 0) is 6.42 Å². The van der Waals surface area contributed by atoms with E-state index in [1.165, 1.54) is 0 Å². The average Bonchev–Trinajstić information content (AvgIpc) is 2.70. The molecule has 0 aliphatic heterocycles. The highest BCUT2D eigenvalue weighted by atomic mass is 19.1. The maximum absolute atomic E-state index is 13.6. The topological polar surface area (TPSA) is 15.3 Å². The van der Waals surface area contributed by atoms with E-state index in [0.717, 1.165) is 30.5 Å². The van der Waals surface area contributed by atoms with Gasteiger partial charge in [0.15, 0.2) is 0 Å². The number of hydrogen-bond donors (Lipinski definition) is 1. The smallest absolute Gasteiger partial charge is 0.126 e. The van der Waals surface area contributed by atoms with Gasteiger partial charge in [0.1, 0.15) is 5.82 Å². The number of fused-ring (bicyclic) bond motifs is 1. The molecule has 0 bridgehead atoms. The average molecular weight is 236 g/mol. The maximum Gasteiger partial charge on any atom is 0.126 e. The third-order valence-corrected chi connectivity index (χ3v) is 3.75. The van der Waals surface area contributed by atoms with E-state index >= 15 is 0 Å². The quantitative estimate of drug-likeness (QED) is 0.863. The van der Waals surface area contributed by atoms with E-state index in [2.05, 4.69) is 31.2 Å². The Morgan fingerprint density at radius 3 is 2.94 bits per heavy atom. The van der Waals surface area contributed by atoms with Crippen molar-refractivity contribution >= 4 is 0 Å². The zero-order valence-electron chi connectivity index (χ0n) is 10.8. The van der Waals surface area contributed by atoms with Gasteiger partial charge in [-0.3, -0.25) is 0 Å². The summed E-state index contributed by atoms with van der Waals surface area (Å²) in [7, 11) is 4.16. The third-order valence-electron chi connectivity index (χ3n) is 3.75. The first-order chi connectivity index (χ1) is 8.09. The van der Waals surface area contributed by atoms with Crippen molar-refractivity contribution < 1.29 is 4.39 Å². The second kappa shape index (κ2) is 5.15. The molecule has 17 heavy (non-hydrogen) atoms. The zero-order chi connectivity index (χ0) is 12.4. The van der Waals surface area contributed by atoms with Crippen molar-refractivity contribution in [1.82, 2.24) is 10.2 Å². The van der Waals surface area contributed by atoms with E-state index in [4.69, 9.17) is 0 Å². The SMILES string of the molecule is CC(CNC1CCc2c(F)cccc21)N(C)C. The molecule has 0 aromatic heterocycles. The first-order valence-corrected chi connectivity index (χ1v) is 6.26. The number of benzene rings is 1. The summed E-state index contributed by atoms with van der Waals surface area (Å²) in [6.07, 6.45) is 1.87. The van der Waals surface area contributed by atoms with Gasteiger partial charge >= 0.3 is 0 Å². The van der Waals surface area contributed by atoms with Crippen molar-refractivity contribution in [1.29, 1.82) is 0 Å². The second-order valence-corrected chi connectivity index (χ2v) is 5.12. The molecule has 0 spiro atoms. The van der Waals surface area contributed by atoms with Crippen LogP contribution in [0.25, 0.3) is 0 Å². The van der Waals surface area contributed by atoms with Gasteiger partial charge in [-0.05, 0) is 51.1 Å². The molecular weight excluding hydrogens is 215 g/mol. The van der Waals surface area contributed by atoms with Crippen LogP contribution in [-0.4, -0.2) is 31.6 Å². The van der Waals surface area contributed by atoms with Gasteiger partial charge in [0.25, 0.3) is 0 Å². The van der Waals surface area contributed by atoms with E-state index in [9.17, 15) is 4.39 Å². The van der Waals surface area contributed by atoms with Crippen LogP contribution in [0, 0.1) is 5.82 Å². The molecule has 3 heteroatoms. The van der Waals surface area contributed by atoms with Crippen LogP contribution in [0.4, 0.5) is 4.39 Å². The molecule has 1 N–H and O–H groups in total. The maximum atomic E-state index is 13.6. The molecule has 1 aromatic carbocycles. The van der Waals surface area contributed by atoms with Crippen LogP contribution in [0.2, 0.25) is 0 Å². The zero-order valence-corrected chi connectivity index (χ0v) is 10.8. The molecule has 0 radical (unpaired) electrons. The lowest BCUT2D eigenvalue weighted by molar-refractivity contribution is 0.293. The summed E-state index contributed by atoms with van der Waals surface area (Å²) in [5.41, 5.74) is 2.05. The Hall–Kier alpha value is -0.930. The van der Waals surface area contributed by atoms with Crippen LogP contribution in [0.3, 0.4) is 0 Å². The minimum atomic E-state index is -0.0486. The summed E-state index contributed by atoms with van der Waals surface area (Å²) in [5, 5.41) is 3.54.